The molecule has 0 spiro atoms. The van der Waals surface area contributed by atoms with Gasteiger partial charge in [0.1, 0.15) is 0 Å². The van der Waals surface area contributed by atoms with E-state index in [2.05, 4.69) is 223 Å². The van der Waals surface area contributed by atoms with Crippen molar-refractivity contribution in [2.24, 2.45) is 0 Å². The summed E-state index contributed by atoms with van der Waals surface area (Å²) >= 11 is 0. The highest BCUT2D eigenvalue weighted by molar-refractivity contribution is 6.23. The summed E-state index contributed by atoms with van der Waals surface area (Å²) in [5.74, 6) is 0. The van der Waals surface area contributed by atoms with Crippen LogP contribution in [0.15, 0.2) is 225 Å². The molecule has 0 aliphatic heterocycles. The van der Waals surface area contributed by atoms with E-state index >= 15 is 0 Å². The van der Waals surface area contributed by atoms with E-state index in [1.54, 1.807) is 0 Å². The first-order chi connectivity index (χ1) is 30.2. The highest BCUT2D eigenvalue weighted by Gasteiger charge is 2.17. The van der Waals surface area contributed by atoms with Gasteiger partial charge in [0.05, 0.1) is 34.0 Å². The van der Waals surface area contributed by atoms with E-state index in [1.165, 1.54) is 54.8 Å². The third-order valence-corrected chi connectivity index (χ3v) is 12.2. The summed E-state index contributed by atoms with van der Waals surface area (Å²) in [4.78, 5) is 10.3. The third-order valence-electron chi connectivity index (χ3n) is 12.2. The highest BCUT2D eigenvalue weighted by atomic mass is 15.0. The number of aromatic nitrogens is 3. The number of benzene rings is 10. The minimum atomic E-state index is 0.858. The number of rotatable bonds is 6. The fourth-order valence-corrected chi connectivity index (χ4v) is 9.24. The Hall–Kier alpha value is -8.14. The predicted octanol–water partition coefficient (Wildman–Crippen LogP) is 15.4. The molecule has 0 atom stereocenters. The Morgan fingerprint density at radius 1 is 0.279 bits per heavy atom. The van der Waals surface area contributed by atoms with Gasteiger partial charge in [-0.05, 0) is 104 Å². The standard InChI is InChI=1S/C58H37N3/c1-3-14-38(15-4-1)44-28-30-55-52(35-44)53-36-45(39-16-5-2-6-17-39)29-31-56(53)61(55)47-23-13-21-43(34-47)41-19-11-18-40(32-41)42-20-12-22-46(33-42)54-37-59-57-50-26-9-7-24-48(50)49-25-8-10-27-51(49)58(57)60-54/h1-37H. The van der Waals surface area contributed by atoms with E-state index in [4.69, 9.17) is 9.97 Å². The maximum atomic E-state index is 5.28. The molecule has 0 aliphatic rings. The molecule has 0 radical (unpaired) electrons. The van der Waals surface area contributed by atoms with E-state index in [0.717, 1.165) is 61.0 Å². The summed E-state index contributed by atoms with van der Waals surface area (Å²) in [6.45, 7) is 0. The first kappa shape index (κ1) is 34.9. The van der Waals surface area contributed by atoms with Crippen LogP contribution in [0.4, 0.5) is 0 Å². The summed E-state index contributed by atoms with van der Waals surface area (Å²) in [6.07, 6.45) is 1.92. The molecule has 61 heavy (non-hydrogen) atoms. The molecule has 0 aliphatic carbocycles. The predicted molar refractivity (Wildman–Crippen MR) is 256 cm³/mol. The largest absolute Gasteiger partial charge is 0.309 e. The zero-order valence-electron chi connectivity index (χ0n) is 33.2. The van der Waals surface area contributed by atoms with Crippen molar-refractivity contribution >= 4 is 54.4 Å². The van der Waals surface area contributed by atoms with E-state index < -0.39 is 0 Å². The van der Waals surface area contributed by atoms with Gasteiger partial charge in [0.2, 0.25) is 0 Å². The van der Waals surface area contributed by atoms with Crippen LogP contribution in [-0.2, 0) is 0 Å². The topological polar surface area (TPSA) is 30.7 Å². The Morgan fingerprint density at radius 2 is 0.705 bits per heavy atom. The lowest BCUT2D eigenvalue weighted by Gasteiger charge is -2.12. The van der Waals surface area contributed by atoms with Gasteiger partial charge in [-0.2, -0.15) is 0 Å². The molecule has 0 saturated carbocycles. The Morgan fingerprint density at radius 3 is 1.28 bits per heavy atom. The zero-order valence-corrected chi connectivity index (χ0v) is 33.2. The van der Waals surface area contributed by atoms with Crippen LogP contribution in [0.1, 0.15) is 0 Å². The lowest BCUT2D eigenvalue weighted by atomic mass is 9.97. The molecule has 0 N–H and O–H groups in total. The number of fused-ring (bicyclic) bond motifs is 9. The van der Waals surface area contributed by atoms with Crippen molar-refractivity contribution in [2.75, 3.05) is 0 Å². The van der Waals surface area contributed by atoms with E-state index in [-0.39, 0.29) is 0 Å². The summed E-state index contributed by atoms with van der Waals surface area (Å²) in [7, 11) is 0. The summed E-state index contributed by atoms with van der Waals surface area (Å²) < 4.78 is 2.42. The fourth-order valence-electron chi connectivity index (χ4n) is 9.24. The Balaban J connectivity index is 0.939. The third kappa shape index (κ3) is 5.98. The van der Waals surface area contributed by atoms with Crippen molar-refractivity contribution in [1.29, 1.82) is 0 Å². The highest BCUT2D eigenvalue weighted by Crippen LogP contribution is 2.39. The summed E-state index contributed by atoms with van der Waals surface area (Å²) in [5, 5.41) is 7.10. The van der Waals surface area contributed by atoms with Crippen LogP contribution in [0.3, 0.4) is 0 Å². The first-order valence-corrected chi connectivity index (χ1v) is 20.8. The molecule has 0 amide bonds. The maximum absolute atomic E-state index is 5.28. The van der Waals surface area contributed by atoms with Crippen molar-refractivity contribution in [3.8, 4) is 61.5 Å². The zero-order chi connectivity index (χ0) is 40.3. The van der Waals surface area contributed by atoms with Crippen LogP contribution in [-0.4, -0.2) is 14.5 Å². The lowest BCUT2D eigenvalue weighted by molar-refractivity contribution is 1.18. The van der Waals surface area contributed by atoms with Crippen molar-refractivity contribution in [2.45, 2.75) is 0 Å². The second kappa shape index (κ2) is 14.3. The Labute approximate surface area is 353 Å². The van der Waals surface area contributed by atoms with Crippen molar-refractivity contribution in [1.82, 2.24) is 14.5 Å². The monoisotopic (exact) mass is 775 g/mol. The molecule has 0 unspecified atom stereocenters. The summed E-state index contributed by atoms with van der Waals surface area (Å²) in [6, 6.07) is 78.6. The van der Waals surface area contributed by atoms with Crippen LogP contribution in [0, 0.1) is 0 Å². The van der Waals surface area contributed by atoms with Gasteiger partial charge in [-0.3, -0.25) is 4.98 Å². The average molecular weight is 776 g/mol. The molecule has 0 fully saturated rings. The number of hydrogen-bond donors (Lipinski definition) is 0. The van der Waals surface area contributed by atoms with Crippen molar-refractivity contribution in [3.05, 3.63) is 225 Å². The average Bonchev–Trinajstić information content (AvgIpc) is 3.67. The smallest absolute Gasteiger partial charge is 0.0979 e. The van der Waals surface area contributed by atoms with Crippen molar-refractivity contribution < 1.29 is 0 Å². The van der Waals surface area contributed by atoms with E-state index in [9.17, 15) is 0 Å². The van der Waals surface area contributed by atoms with Gasteiger partial charge in [-0.15, -0.1) is 0 Å². The summed E-state index contributed by atoms with van der Waals surface area (Å²) in [5.41, 5.74) is 16.7. The molecular formula is C58H37N3. The van der Waals surface area contributed by atoms with Crippen LogP contribution in [0.5, 0.6) is 0 Å². The molecule has 2 aromatic heterocycles. The Bertz CT molecular complexity index is 3510. The molecular weight excluding hydrogens is 739 g/mol. The normalized spacial score (nSPS) is 11.6. The maximum Gasteiger partial charge on any atom is 0.0979 e. The second-order valence-electron chi connectivity index (χ2n) is 15.8. The van der Waals surface area contributed by atoms with Crippen LogP contribution in [0.2, 0.25) is 0 Å². The van der Waals surface area contributed by atoms with Gasteiger partial charge >= 0.3 is 0 Å². The molecule has 284 valence electrons. The van der Waals surface area contributed by atoms with Gasteiger partial charge < -0.3 is 4.57 Å². The van der Waals surface area contributed by atoms with Gasteiger partial charge in [0, 0.05) is 32.8 Å². The molecule has 12 aromatic rings. The molecule has 0 saturated heterocycles. The number of nitrogens with zero attached hydrogens (tertiary/aromatic N) is 3. The van der Waals surface area contributed by atoms with Gasteiger partial charge in [-0.1, -0.05) is 170 Å². The SMILES string of the molecule is c1ccc(-c2ccc3c(c2)c2cc(-c4ccccc4)ccc2n3-c2cccc(-c3cccc(-c4cccc(-c5cnc6c7ccccc7c7ccccc7c6n5)c4)c3)c2)cc1. The van der Waals surface area contributed by atoms with Crippen LogP contribution < -0.4 is 0 Å². The molecule has 0 bridgehead atoms. The lowest BCUT2D eigenvalue weighted by Crippen LogP contribution is -1.94. The van der Waals surface area contributed by atoms with Gasteiger partial charge in [0.15, 0.2) is 0 Å². The molecule has 10 aromatic carbocycles. The second-order valence-corrected chi connectivity index (χ2v) is 15.8. The minimum absolute atomic E-state index is 0.858. The van der Waals surface area contributed by atoms with Gasteiger partial charge in [-0.25, -0.2) is 4.98 Å². The van der Waals surface area contributed by atoms with Gasteiger partial charge in [0.25, 0.3) is 0 Å². The Kier molecular flexibility index (Phi) is 8.17. The molecule has 12 rings (SSSR count). The first-order valence-electron chi connectivity index (χ1n) is 20.8. The van der Waals surface area contributed by atoms with Crippen LogP contribution >= 0.6 is 0 Å². The van der Waals surface area contributed by atoms with E-state index in [1.807, 2.05) is 6.20 Å². The quantitative estimate of drug-likeness (QED) is 0.158. The number of hydrogen-bond acceptors (Lipinski definition) is 2. The minimum Gasteiger partial charge on any atom is -0.309 e. The fraction of sp³-hybridized carbons (Fsp3) is 0. The van der Waals surface area contributed by atoms with E-state index in [0.29, 0.717) is 0 Å². The molecule has 2 heterocycles. The van der Waals surface area contributed by atoms with Crippen LogP contribution in [0.25, 0.3) is 116 Å². The molecule has 3 nitrogen and oxygen atoms in total. The molecule has 3 heteroatoms. The van der Waals surface area contributed by atoms with Crippen molar-refractivity contribution in [3.63, 3.8) is 0 Å².